The molecular formula is C19H25N3O2. The van der Waals surface area contributed by atoms with Crippen LogP contribution in [0.4, 0.5) is 5.95 Å². The number of aromatic nitrogens is 2. The molecule has 1 unspecified atom stereocenters. The lowest BCUT2D eigenvalue weighted by Gasteiger charge is -2.19. The van der Waals surface area contributed by atoms with E-state index in [0.717, 1.165) is 25.0 Å². The summed E-state index contributed by atoms with van der Waals surface area (Å²) >= 11 is 0. The SMILES string of the molecule is CC(C)(C)c1ccc(-c2cc(=O)[nH]c(NCC3CCCO3)n2)cc1. The lowest BCUT2D eigenvalue weighted by Crippen LogP contribution is -2.21. The molecular weight excluding hydrogens is 302 g/mol. The first-order valence-electron chi connectivity index (χ1n) is 8.49. The van der Waals surface area contributed by atoms with E-state index in [0.29, 0.717) is 18.2 Å². The molecule has 2 heterocycles. The Morgan fingerprint density at radius 2 is 2.04 bits per heavy atom. The smallest absolute Gasteiger partial charge is 0.252 e. The molecule has 1 aromatic heterocycles. The van der Waals surface area contributed by atoms with Crippen LogP contribution < -0.4 is 10.9 Å². The summed E-state index contributed by atoms with van der Waals surface area (Å²) in [6, 6.07) is 9.76. The average Bonchev–Trinajstić information content (AvgIpc) is 3.05. The lowest BCUT2D eigenvalue weighted by molar-refractivity contribution is 0.120. The maximum absolute atomic E-state index is 11.9. The molecule has 5 heteroatoms. The van der Waals surface area contributed by atoms with Crippen molar-refractivity contribution in [3.63, 3.8) is 0 Å². The Hall–Kier alpha value is -2.14. The normalized spacial score (nSPS) is 17.9. The van der Waals surface area contributed by atoms with Gasteiger partial charge in [-0.1, -0.05) is 45.0 Å². The molecule has 2 aromatic rings. The van der Waals surface area contributed by atoms with Crippen LogP contribution in [0, 0.1) is 0 Å². The quantitative estimate of drug-likeness (QED) is 0.904. The van der Waals surface area contributed by atoms with Gasteiger partial charge in [0.15, 0.2) is 0 Å². The highest BCUT2D eigenvalue weighted by atomic mass is 16.5. The Kier molecular flexibility index (Phi) is 4.71. The standard InChI is InChI=1S/C19H25N3O2/c1-19(2,3)14-8-6-13(7-9-14)16-11-17(23)22-18(21-16)20-12-15-5-4-10-24-15/h6-9,11,15H,4-5,10,12H2,1-3H3,(H2,20,21,22,23). The molecule has 0 radical (unpaired) electrons. The molecule has 5 nitrogen and oxygen atoms in total. The van der Waals surface area contributed by atoms with Crippen LogP contribution in [0.5, 0.6) is 0 Å². The highest BCUT2D eigenvalue weighted by molar-refractivity contribution is 5.60. The lowest BCUT2D eigenvalue weighted by atomic mass is 9.86. The second-order valence-electron chi connectivity index (χ2n) is 7.32. The van der Waals surface area contributed by atoms with E-state index in [1.165, 1.54) is 11.6 Å². The maximum Gasteiger partial charge on any atom is 0.252 e. The number of H-pyrrole nitrogens is 1. The van der Waals surface area contributed by atoms with Crippen molar-refractivity contribution in [2.75, 3.05) is 18.5 Å². The van der Waals surface area contributed by atoms with Crippen LogP contribution in [-0.2, 0) is 10.2 Å². The Labute approximate surface area is 142 Å². The fourth-order valence-corrected chi connectivity index (χ4v) is 2.85. The third-order valence-corrected chi connectivity index (χ3v) is 4.31. The first kappa shape index (κ1) is 16.7. The molecule has 1 fully saturated rings. The Bertz CT molecular complexity index is 738. The summed E-state index contributed by atoms with van der Waals surface area (Å²) in [4.78, 5) is 19.2. The summed E-state index contributed by atoms with van der Waals surface area (Å²) in [5.74, 6) is 0.493. The molecule has 3 rings (SSSR count). The van der Waals surface area contributed by atoms with E-state index in [9.17, 15) is 4.79 Å². The van der Waals surface area contributed by atoms with E-state index in [2.05, 4.69) is 48.2 Å². The van der Waals surface area contributed by atoms with E-state index in [1.54, 1.807) is 0 Å². The van der Waals surface area contributed by atoms with Crippen molar-refractivity contribution in [1.29, 1.82) is 0 Å². The minimum atomic E-state index is -0.158. The van der Waals surface area contributed by atoms with Gasteiger partial charge in [-0.25, -0.2) is 4.98 Å². The van der Waals surface area contributed by atoms with Gasteiger partial charge in [0.1, 0.15) is 0 Å². The molecule has 0 saturated carbocycles. The molecule has 0 amide bonds. The van der Waals surface area contributed by atoms with E-state index in [1.807, 2.05) is 12.1 Å². The van der Waals surface area contributed by atoms with Gasteiger partial charge < -0.3 is 10.1 Å². The summed E-state index contributed by atoms with van der Waals surface area (Å²) in [5, 5.41) is 3.18. The Morgan fingerprint density at radius 3 is 2.67 bits per heavy atom. The highest BCUT2D eigenvalue weighted by Gasteiger charge is 2.16. The third kappa shape index (κ3) is 4.03. The van der Waals surface area contributed by atoms with E-state index < -0.39 is 0 Å². The molecule has 1 aliphatic heterocycles. The van der Waals surface area contributed by atoms with Gasteiger partial charge in [0.25, 0.3) is 5.56 Å². The van der Waals surface area contributed by atoms with Crippen molar-refractivity contribution < 1.29 is 4.74 Å². The number of ether oxygens (including phenoxy) is 1. The number of anilines is 1. The van der Waals surface area contributed by atoms with Gasteiger partial charge in [-0.3, -0.25) is 9.78 Å². The van der Waals surface area contributed by atoms with E-state index in [-0.39, 0.29) is 17.1 Å². The Balaban J connectivity index is 1.78. The first-order chi connectivity index (χ1) is 11.4. The number of hydrogen-bond acceptors (Lipinski definition) is 4. The van der Waals surface area contributed by atoms with Crippen LogP contribution in [0.3, 0.4) is 0 Å². The molecule has 24 heavy (non-hydrogen) atoms. The highest BCUT2D eigenvalue weighted by Crippen LogP contribution is 2.25. The first-order valence-corrected chi connectivity index (χ1v) is 8.49. The summed E-state index contributed by atoms with van der Waals surface area (Å²) in [5.41, 5.74) is 2.82. The zero-order valence-corrected chi connectivity index (χ0v) is 14.6. The molecule has 0 bridgehead atoms. The number of nitrogens with one attached hydrogen (secondary N) is 2. The van der Waals surface area contributed by atoms with Gasteiger partial charge in [0, 0.05) is 24.8 Å². The van der Waals surface area contributed by atoms with Crippen LogP contribution in [-0.4, -0.2) is 29.2 Å². The zero-order valence-electron chi connectivity index (χ0n) is 14.6. The molecule has 0 aliphatic carbocycles. The van der Waals surface area contributed by atoms with Crippen molar-refractivity contribution in [1.82, 2.24) is 9.97 Å². The number of hydrogen-bond donors (Lipinski definition) is 2. The van der Waals surface area contributed by atoms with Gasteiger partial charge in [0.05, 0.1) is 11.8 Å². The van der Waals surface area contributed by atoms with Crippen LogP contribution in [0.15, 0.2) is 35.1 Å². The van der Waals surface area contributed by atoms with Crippen LogP contribution in [0.25, 0.3) is 11.3 Å². The van der Waals surface area contributed by atoms with Crippen molar-refractivity contribution in [2.45, 2.75) is 45.1 Å². The van der Waals surface area contributed by atoms with Crippen molar-refractivity contribution in [3.05, 3.63) is 46.2 Å². The molecule has 1 atom stereocenters. The van der Waals surface area contributed by atoms with Crippen molar-refractivity contribution in [2.24, 2.45) is 0 Å². The van der Waals surface area contributed by atoms with Crippen LogP contribution >= 0.6 is 0 Å². The monoisotopic (exact) mass is 327 g/mol. The number of rotatable bonds is 4. The molecule has 2 N–H and O–H groups in total. The summed E-state index contributed by atoms with van der Waals surface area (Å²) in [6.07, 6.45) is 2.34. The molecule has 0 spiro atoms. The molecule has 128 valence electrons. The Morgan fingerprint density at radius 1 is 1.29 bits per heavy atom. The van der Waals surface area contributed by atoms with Gasteiger partial charge in [-0.05, 0) is 23.8 Å². The molecule has 1 aromatic carbocycles. The number of nitrogens with zero attached hydrogens (tertiary/aromatic N) is 1. The summed E-state index contributed by atoms with van der Waals surface area (Å²) in [7, 11) is 0. The predicted molar refractivity (Wildman–Crippen MR) is 96.5 cm³/mol. The van der Waals surface area contributed by atoms with Crippen molar-refractivity contribution in [3.8, 4) is 11.3 Å². The van der Waals surface area contributed by atoms with Gasteiger partial charge >= 0.3 is 0 Å². The number of benzene rings is 1. The van der Waals surface area contributed by atoms with Crippen LogP contribution in [0.2, 0.25) is 0 Å². The second kappa shape index (κ2) is 6.77. The number of aromatic amines is 1. The maximum atomic E-state index is 11.9. The van der Waals surface area contributed by atoms with E-state index >= 15 is 0 Å². The van der Waals surface area contributed by atoms with E-state index in [4.69, 9.17) is 4.74 Å². The fraction of sp³-hybridized carbons (Fsp3) is 0.474. The zero-order chi connectivity index (χ0) is 17.2. The average molecular weight is 327 g/mol. The topological polar surface area (TPSA) is 67.0 Å². The summed E-state index contributed by atoms with van der Waals surface area (Å²) < 4.78 is 5.58. The summed E-state index contributed by atoms with van der Waals surface area (Å²) in [6.45, 7) is 8.02. The second-order valence-corrected chi connectivity index (χ2v) is 7.32. The predicted octanol–water partition coefficient (Wildman–Crippen LogP) is 3.33. The van der Waals surface area contributed by atoms with Gasteiger partial charge in [-0.15, -0.1) is 0 Å². The fourth-order valence-electron chi connectivity index (χ4n) is 2.85. The minimum absolute atomic E-state index is 0.105. The van der Waals surface area contributed by atoms with Crippen LogP contribution in [0.1, 0.15) is 39.2 Å². The van der Waals surface area contributed by atoms with Gasteiger partial charge in [0.2, 0.25) is 5.95 Å². The van der Waals surface area contributed by atoms with Gasteiger partial charge in [-0.2, -0.15) is 0 Å². The largest absolute Gasteiger partial charge is 0.376 e. The molecule has 1 aliphatic rings. The third-order valence-electron chi connectivity index (χ3n) is 4.31. The molecule has 1 saturated heterocycles. The minimum Gasteiger partial charge on any atom is -0.376 e. The van der Waals surface area contributed by atoms with Crippen molar-refractivity contribution >= 4 is 5.95 Å².